The van der Waals surface area contributed by atoms with E-state index in [1.807, 2.05) is 4.90 Å². The molecule has 1 aliphatic carbocycles. The second kappa shape index (κ2) is 6.05. The van der Waals surface area contributed by atoms with Gasteiger partial charge in [-0.1, -0.05) is 19.3 Å². The molecule has 0 aromatic carbocycles. The Morgan fingerprint density at radius 3 is 2.35 bits per heavy atom. The highest BCUT2D eigenvalue weighted by Crippen LogP contribution is 2.43. The second-order valence-corrected chi connectivity index (χ2v) is 5.71. The molecule has 0 aromatic heterocycles. The summed E-state index contributed by atoms with van der Waals surface area (Å²) in [7, 11) is 0. The van der Waals surface area contributed by atoms with Gasteiger partial charge in [0.15, 0.2) is 0 Å². The Labute approximate surface area is 111 Å². The SMILES string of the molecule is C[C@H](N)C(=O)N1CCCC2(CCCCC2)C1.Cl. The van der Waals surface area contributed by atoms with Gasteiger partial charge >= 0.3 is 0 Å². The van der Waals surface area contributed by atoms with Crippen LogP contribution in [0.4, 0.5) is 0 Å². The fourth-order valence-corrected chi connectivity index (χ4v) is 3.39. The molecule has 1 saturated carbocycles. The standard InChI is InChI=1S/C13H24N2O.ClH/c1-11(14)12(16)15-9-5-8-13(10-15)6-3-2-4-7-13;/h11H,2-10,14H2,1H3;1H/t11-;/m0./s1. The molecule has 0 unspecified atom stereocenters. The summed E-state index contributed by atoms with van der Waals surface area (Å²) >= 11 is 0. The summed E-state index contributed by atoms with van der Waals surface area (Å²) < 4.78 is 0. The van der Waals surface area contributed by atoms with Crippen LogP contribution in [0.2, 0.25) is 0 Å². The van der Waals surface area contributed by atoms with Crippen molar-refractivity contribution in [2.45, 2.75) is 57.9 Å². The number of halogens is 1. The van der Waals surface area contributed by atoms with Crippen LogP contribution in [-0.4, -0.2) is 29.9 Å². The predicted molar refractivity (Wildman–Crippen MR) is 72.2 cm³/mol. The third-order valence-corrected chi connectivity index (χ3v) is 4.28. The predicted octanol–water partition coefficient (Wildman–Crippen LogP) is 2.33. The molecule has 2 fully saturated rings. The Bertz CT molecular complexity index is 257. The van der Waals surface area contributed by atoms with Gasteiger partial charge in [-0.05, 0) is 38.0 Å². The first-order chi connectivity index (χ1) is 7.63. The monoisotopic (exact) mass is 260 g/mol. The molecule has 1 aliphatic heterocycles. The molecule has 1 heterocycles. The summed E-state index contributed by atoms with van der Waals surface area (Å²) in [6, 6.07) is -0.334. The van der Waals surface area contributed by atoms with Gasteiger partial charge in [-0.15, -0.1) is 12.4 Å². The first-order valence-corrected chi connectivity index (χ1v) is 6.67. The molecular weight excluding hydrogens is 236 g/mol. The molecule has 100 valence electrons. The maximum absolute atomic E-state index is 11.9. The summed E-state index contributed by atoms with van der Waals surface area (Å²) in [6.07, 6.45) is 9.18. The van der Waals surface area contributed by atoms with Crippen LogP contribution in [0, 0.1) is 5.41 Å². The molecule has 2 N–H and O–H groups in total. The quantitative estimate of drug-likeness (QED) is 0.787. The minimum Gasteiger partial charge on any atom is -0.341 e. The Kier molecular flexibility index (Phi) is 5.26. The minimum absolute atomic E-state index is 0. The lowest BCUT2D eigenvalue weighted by atomic mass is 9.69. The molecule has 3 nitrogen and oxygen atoms in total. The zero-order valence-corrected chi connectivity index (χ0v) is 11.6. The number of hydrogen-bond acceptors (Lipinski definition) is 2. The van der Waals surface area contributed by atoms with Crippen LogP contribution in [0.15, 0.2) is 0 Å². The lowest BCUT2D eigenvalue weighted by Gasteiger charge is -2.45. The second-order valence-electron chi connectivity index (χ2n) is 5.71. The van der Waals surface area contributed by atoms with E-state index in [4.69, 9.17) is 5.73 Å². The van der Waals surface area contributed by atoms with Gasteiger partial charge in [0.2, 0.25) is 5.91 Å². The van der Waals surface area contributed by atoms with Crippen molar-refractivity contribution in [3.63, 3.8) is 0 Å². The zero-order valence-electron chi connectivity index (χ0n) is 10.8. The molecular formula is C13H25ClN2O. The van der Waals surface area contributed by atoms with E-state index < -0.39 is 0 Å². The molecule has 1 amide bonds. The van der Waals surface area contributed by atoms with Gasteiger partial charge in [-0.25, -0.2) is 0 Å². The molecule has 1 spiro atoms. The highest BCUT2D eigenvalue weighted by Gasteiger charge is 2.38. The van der Waals surface area contributed by atoms with E-state index in [1.54, 1.807) is 6.92 Å². The van der Waals surface area contributed by atoms with Crippen molar-refractivity contribution in [1.29, 1.82) is 0 Å². The molecule has 0 radical (unpaired) electrons. The van der Waals surface area contributed by atoms with Crippen molar-refractivity contribution in [2.75, 3.05) is 13.1 Å². The van der Waals surface area contributed by atoms with E-state index in [2.05, 4.69) is 0 Å². The molecule has 1 saturated heterocycles. The Balaban J connectivity index is 0.00000144. The summed E-state index contributed by atoms with van der Waals surface area (Å²) in [4.78, 5) is 13.9. The molecule has 17 heavy (non-hydrogen) atoms. The van der Waals surface area contributed by atoms with Gasteiger partial charge in [0.1, 0.15) is 0 Å². The summed E-state index contributed by atoms with van der Waals surface area (Å²) in [5, 5.41) is 0. The van der Waals surface area contributed by atoms with Crippen molar-refractivity contribution in [1.82, 2.24) is 4.90 Å². The number of likely N-dealkylation sites (tertiary alicyclic amines) is 1. The van der Waals surface area contributed by atoms with Gasteiger partial charge in [0.05, 0.1) is 6.04 Å². The Morgan fingerprint density at radius 2 is 1.76 bits per heavy atom. The molecule has 4 heteroatoms. The zero-order chi connectivity index (χ0) is 11.6. The smallest absolute Gasteiger partial charge is 0.239 e. The van der Waals surface area contributed by atoms with Gasteiger partial charge < -0.3 is 10.6 Å². The van der Waals surface area contributed by atoms with Gasteiger partial charge in [-0.3, -0.25) is 4.79 Å². The summed E-state index contributed by atoms with van der Waals surface area (Å²) in [5.74, 6) is 0.143. The minimum atomic E-state index is -0.334. The number of rotatable bonds is 1. The number of nitrogens with two attached hydrogens (primary N) is 1. The van der Waals surface area contributed by atoms with E-state index in [0.717, 1.165) is 13.1 Å². The van der Waals surface area contributed by atoms with Gasteiger partial charge in [-0.2, -0.15) is 0 Å². The van der Waals surface area contributed by atoms with E-state index >= 15 is 0 Å². The van der Waals surface area contributed by atoms with E-state index in [-0.39, 0.29) is 24.4 Å². The van der Waals surface area contributed by atoms with Crippen molar-refractivity contribution < 1.29 is 4.79 Å². The third-order valence-electron chi connectivity index (χ3n) is 4.28. The van der Waals surface area contributed by atoms with Crippen LogP contribution in [0.1, 0.15) is 51.9 Å². The number of hydrogen-bond donors (Lipinski definition) is 1. The highest BCUT2D eigenvalue weighted by atomic mass is 35.5. The van der Waals surface area contributed by atoms with Crippen molar-refractivity contribution in [3.8, 4) is 0 Å². The maximum Gasteiger partial charge on any atom is 0.239 e. The number of carbonyl (C=O) groups is 1. The van der Waals surface area contributed by atoms with Crippen LogP contribution in [0.3, 0.4) is 0 Å². The van der Waals surface area contributed by atoms with Crippen molar-refractivity contribution in [3.05, 3.63) is 0 Å². The van der Waals surface area contributed by atoms with Crippen molar-refractivity contribution in [2.24, 2.45) is 11.1 Å². The Hall–Kier alpha value is -0.280. The van der Waals surface area contributed by atoms with E-state index in [9.17, 15) is 4.79 Å². The lowest BCUT2D eigenvalue weighted by molar-refractivity contribution is -0.136. The molecule has 2 rings (SSSR count). The topological polar surface area (TPSA) is 46.3 Å². The number of amides is 1. The molecule has 0 aromatic rings. The van der Waals surface area contributed by atoms with Crippen LogP contribution in [-0.2, 0) is 4.79 Å². The Morgan fingerprint density at radius 1 is 1.18 bits per heavy atom. The average Bonchev–Trinajstić information content (AvgIpc) is 2.29. The van der Waals surface area contributed by atoms with Crippen LogP contribution < -0.4 is 5.73 Å². The average molecular weight is 261 g/mol. The largest absolute Gasteiger partial charge is 0.341 e. The van der Waals surface area contributed by atoms with Crippen LogP contribution >= 0.6 is 12.4 Å². The van der Waals surface area contributed by atoms with Crippen LogP contribution in [0.5, 0.6) is 0 Å². The van der Waals surface area contributed by atoms with E-state index in [0.29, 0.717) is 5.41 Å². The molecule has 2 aliphatic rings. The lowest BCUT2D eigenvalue weighted by Crippen LogP contribution is -2.51. The molecule has 0 bridgehead atoms. The number of carbonyl (C=O) groups excluding carboxylic acids is 1. The fraction of sp³-hybridized carbons (Fsp3) is 0.923. The normalized spacial score (nSPS) is 25.2. The number of nitrogens with zero attached hydrogens (tertiary/aromatic N) is 1. The summed E-state index contributed by atoms with van der Waals surface area (Å²) in [5.41, 5.74) is 6.14. The fourth-order valence-electron chi connectivity index (χ4n) is 3.39. The highest BCUT2D eigenvalue weighted by molar-refractivity contribution is 5.85. The third kappa shape index (κ3) is 3.35. The van der Waals surface area contributed by atoms with Crippen LogP contribution in [0.25, 0.3) is 0 Å². The molecule has 1 atom stereocenters. The van der Waals surface area contributed by atoms with Crippen molar-refractivity contribution >= 4 is 18.3 Å². The van der Waals surface area contributed by atoms with Gasteiger partial charge in [0.25, 0.3) is 0 Å². The van der Waals surface area contributed by atoms with Gasteiger partial charge in [0, 0.05) is 13.1 Å². The van der Waals surface area contributed by atoms with E-state index in [1.165, 1.54) is 44.9 Å². The maximum atomic E-state index is 11.9. The summed E-state index contributed by atoms with van der Waals surface area (Å²) in [6.45, 7) is 3.68. The first kappa shape index (κ1) is 14.8. The first-order valence-electron chi connectivity index (χ1n) is 6.67. The number of piperidine rings is 1.